The van der Waals surface area contributed by atoms with Crippen LogP contribution in [-0.4, -0.2) is 199 Å². The van der Waals surface area contributed by atoms with E-state index in [0.717, 1.165) is 20.8 Å². The number of ether oxygens (including phenoxy) is 9. The van der Waals surface area contributed by atoms with Gasteiger partial charge in [0.15, 0.2) is 16.8 Å². The second-order valence-electron chi connectivity index (χ2n) is 40.7. The molecular weight excluding hydrogens is 1700 g/mol. The van der Waals surface area contributed by atoms with Gasteiger partial charge in [0, 0.05) is 22.6 Å². The van der Waals surface area contributed by atoms with Crippen LogP contribution in [0.4, 0.5) is 65.9 Å². The highest BCUT2D eigenvalue weighted by Crippen LogP contribution is 2.61. The number of carbonyl (C=O) groups excluding carboxylic acids is 3. The molecule has 18 nitrogen and oxygen atoms in total. The zero-order valence-electron chi connectivity index (χ0n) is 82.5. The van der Waals surface area contributed by atoms with Crippen LogP contribution in [0.2, 0.25) is 0 Å². The summed E-state index contributed by atoms with van der Waals surface area (Å²) in [5, 5.41) is 64.1. The minimum absolute atomic E-state index is 0.0124. The van der Waals surface area contributed by atoms with Gasteiger partial charge in [0.2, 0.25) is 0 Å². The molecule has 127 heavy (non-hydrogen) atoms. The van der Waals surface area contributed by atoms with E-state index < -0.39 is 192 Å². The number of hydrogen-bond donors (Lipinski definition) is 6. The van der Waals surface area contributed by atoms with Crippen molar-refractivity contribution in [3.63, 3.8) is 0 Å². The van der Waals surface area contributed by atoms with Crippen LogP contribution in [0, 0.1) is 35.5 Å². The first-order chi connectivity index (χ1) is 56.5. The SMILES string of the molecule is C=C(C)C(=O)OC1CC(C(CC)(CC)OC(C)(C)C(C)(C)O)C(C(CC)(CC)OC(C)(C)C(C)(O)C(F)(F)F)C1.C=C(C)C(=O)OC1CC(C(CC)(CC)OC(C)(C)C(C)(C)O)CC(C(CC)(CC)OC(C)(C)C(O)(C(F)(F)F)C(F)(F)F)C1.C=C(C)C(=O)OC1CC(C(CC)(CC)OC(C)(C)C(C)(O)C(F)(F)F)CC1C(CC)(CC)OC(C)(C)C(C)(O)C(F)(F)F. The summed E-state index contributed by atoms with van der Waals surface area (Å²) in [6.45, 7) is 61.2. The van der Waals surface area contributed by atoms with Crippen molar-refractivity contribution < 1.29 is 154 Å². The fourth-order valence-electron chi connectivity index (χ4n) is 19.0. The first-order valence-corrected chi connectivity index (χ1v) is 45.0. The van der Waals surface area contributed by atoms with Crippen LogP contribution in [-0.2, 0) is 57.0 Å². The van der Waals surface area contributed by atoms with Crippen LogP contribution >= 0.6 is 0 Å². The molecule has 3 aliphatic rings. The molecule has 0 aromatic heterocycles. The standard InChI is InChI=1S/C32H54F6O6.C31H52F6O6.C31H55F3O6/c1-13-28(14-2,43-26(9,10)25(7,8)40)21-17-22(19-23(18-21)42-24(39)20(5)6)29(15-3,16-4)44-27(11,12)30(41,31(33,34)35)32(36,37)38;1-13-28(14-2,42-24(7,8)26(11,39)30(32,33)34)20-17-21(22(18-20)41-23(38)19(5)6)29(15-3,16-4)43-25(9,10)27(12,40)31(35,36)37;1-14-29(15-2,39-26(9,10)25(7,8)36)22-18-21(38-24(35)20(5)6)19-23(22)30(16-3,17-4)40-27(11,12)28(13,37)31(32,33)34/h21-23,40-41H,5,13-19H2,1-4,6-12H3;20-22,39-40H,5,13-18H2,1-4,6-12H3;21-23,36-37H,5,14-19H2,1-4,6-13H3. The molecule has 750 valence electrons. The molecule has 33 heteroatoms. The lowest BCUT2D eigenvalue weighted by Crippen LogP contribution is -2.71. The molecule has 3 aliphatic carbocycles. The predicted molar refractivity (Wildman–Crippen MR) is 458 cm³/mol. The monoisotopic (exact) mass is 1860 g/mol. The molecular formula is C94H161F15O18. The molecule has 12 atom stereocenters. The van der Waals surface area contributed by atoms with Crippen molar-refractivity contribution >= 4 is 17.9 Å². The van der Waals surface area contributed by atoms with Gasteiger partial charge < -0.3 is 73.3 Å². The second kappa shape index (κ2) is 41.7. The minimum atomic E-state index is -6.09. The lowest BCUT2D eigenvalue weighted by Gasteiger charge is -2.55. The molecule has 0 saturated heterocycles. The van der Waals surface area contributed by atoms with Crippen molar-refractivity contribution in [2.75, 3.05) is 0 Å². The van der Waals surface area contributed by atoms with Crippen molar-refractivity contribution in [2.24, 2.45) is 35.5 Å². The molecule has 3 rings (SSSR count). The summed E-state index contributed by atoms with van der Waals surface area (Å²) in [7, 11) is 0. The van der Waals surface area contributed by atoms with Gasteiger partial charge in [-0.3, -0.25) is 0 Å². The number of carbonyl (C=O) groups is 3. The van der Waals surface area contributed by atoms with Crippen LogP contribution in [0.5, 0.6) is 0 Å². The smallest absolute Gasteiger partial charge is 0.429 e. The van der Waals surface area contributed by atoms with Gasteiger partial charge in [-0.05, 0) is 304 Å². The second-order valence-corrected chi connectivity index (χ2v) is 40.7. The van der Waals surface area contributed by atoms with Gasteiger partial charge in [0.25, 0.3) is 5.60 Å². The zero-order valence-corrected chi connectivity index (χ0v) is 82.5. The maximum absolute atomic E-state index is 14.0. The highest BCUT2D eigenvalue weighted by atomic mass is 19.4. The first-order valence-electron chi connectivity index (χ1n) is 45.0. The summed E-state index contributed by atoms with van der Waals surface area (Å²) >= 11 is 0. The van der Waals surface area contributed by atoms with Crippen LogP contribution in [0.15, 0.2) is 36.5 Å². The van der Waals surface area contributed by atoms with E-state index in [4.69, 9.17) is 42.6 Å². The van der Waals surface area contributed by atoms with Gasteiger partial charge >= 0.3 is 48.8 Å². The van der Waals surface area contributed by atoms with Crippen molar-refractivity contribution in [1.29, 1.82) is 0 Å². The Balaban J connectivity index is 0.000000954. The summed E-state index contributed by atoms with van der Waals surface area (Å²) in [5.74, 6) is -4.94. The Kier molecular flexibility index (Phi) is 39.8. The minimum Gasteiger partial charge on any atom is -0.459 e. The summed E-state index contributed by atoms with van der Waals surface area (Å²) in [4.78, 5) is 37.9. The number of esters is 3. The van der Waals surface area contributed by atoms with Crippen molar-refractivity contribution in [2.45, 2.75) is 507 Å². The number of hydrogen-bond acceptors (Lipinski definition) is 18. The van der Waals surface area contributed by atoms with E-state index in [1.807, 2.05) is 55.4 Å². The number of alkyl halides is 15. The fourth-order valence-corrected chi connectivity index (χ4v) is 19.0. The van der Waals surface area contributed by atoms with Gasteiger partial charge in [-0.15, -0.1) is 0 Å². The third-order valence-corrected chi connectivity index (χ3v) is 30.5. The average molecular weight is 1860 g/mol. The quantitative estimate of drug-likeness (QED) is 0.0144. The number of halogens is 15. The Bertz CT molecular complexity index is 3550. The van der Waals surface area contributed by atoms with Gasteiger partial charge in [-0.2, -0.15) is 65.9 Å². The molecule has 0 radical (unpaired) electrons. The molecule has 0 aliphatic heterocycles. The van der Waals surface area contributed by atoms with Crippen molar-refractivity contribution in [1.82, 2.24) is 0 Å². The lowest BCUT2D eigenvalue weighted by atomic mass is 9.63. The topological polar surface area (TPSA) is 256 Å². The molecule has 6 N–H and O–H groups in total. The number of aliphatic hydroxyl groups is 6. The van der Waals surface area contributed by atoms with Gasteiger partial charge in [-0.25, -0.2) is 14.4 Å². The highest BCUT2D eigenvalue weighted by molar-refractivity contribution is 5.88. The van der Waals surface area contributed by atoms with E-state index in [1.165, 1.54) is 41.5 Å². The fraction of sp³-hybridized carbons (Fsp3) is 0.904. The molecule has 12 unspecified atom stereocenters. The molecule has 0 aromatic rings. The third kappa shape index (κ3) is 25.4. The van der Waals surface area contributed by atoms with E-state index in [0.29, 0.717) is 85.5 Å². The Hall–Kier alpha value is -3.90. The maximum atomic E-state index is 14.0. The van der Waals surface area contributed by atoms with Gasteiger partial charge in [0.1, 0.15) is 40.7 Å². The lowest BCUT2D eigenvalue weighted by molar-refractivity contribution is -0.423. The van der Waals surface area contributed by atoms with Crippen molar-refractivity contribution in [3.8, 4) is 0 Å². The number of rotatable bonds is 42. The van der Waals surface area contributed by atoms with Crippen LogP contribution in [0.3, 0.4) is 0 Å². The van der Waals surface area contributed by atoms with Crippen LogP contribution < -0.4 is 0 Å². The molecule has 0 spiro atoms. The summed E-state index contributed by atoms with van der Waals surface area (Å²) in [6, 6.07) is 0. The molecule has 3 saturated carbocycles. The van der Waals surface area contributed by atoms with E-state index in [-0.39, 0.29) is 92.8 Å². The summed E-state index contributed by atoms with van der Waals surface area (Å²) < 4.78 is 266. The average Bonchev–Trinajstić information content (AvgIpc) is 1.66. The van der Waals surface area contributed by atoms with Crippen LogP contribution in [0.25, 0.3) is 0 Å². The van der Waals surface area contributed by atoms with Crippen LogP contribution in [0.1, 0.15) is 357 Å². The van der Waals surface area contributed by atoms with E-state index in [9.17, 15) is 111 Å². The highest BCUT2D eigenvalue weighted by Gasteiger charge is 2.79. The Morgan fingerprint density at radius 2 is 0.472 bits per heavy atom. The molecule has 0 heterocycles. The maximum Gasteiger partial charge on any atom is 0.429 e. The largest absolute Gasteiger partial charge is 0.459 e. The third-order valence-electron chi connectivity index (χ3n) is 30.5. The zero-order chi connectivity index (χ0) is 101. The van der Waals surface area contributed by atoms with Gasteiger partial charge in [-0.1, -0.05) is 103 Å². The normalized spacial score (nSPS) is 22.9. The van der Waals surface area contributed by atoms with E-state index in [1.54, 1.807) is 90.0 Å². The summed E-state index contributed by atoms with van der Waals surface area (Å²) in [5.41, 5.74) is -35.1. The Morgan fingerprint density at radius 1 is 0.268 bits per heavy atom. The molecule has 0 bridgehead atoms. The predicted octanol–water partition coefficient (Wildman–Crippen LogP) is 23.4. The molecule has 3 fully saturated rings. The Labute approximate surface area is 747 Å². The van der Waals surface area contributed by atoms with E-state index >= 15 is 0 Å². The molecule has 0 aromatic carbocycles. The van der Waals surface area contributed by atoms with Gasteiger partial charge in [0.05, 0.1) is 56.0 Å². The van der Waals surface area contributed by atoms with Crippen molar-refractivity contribution in [3.05, 3.63) is 36.5 Å². The Morgan fingerprint density at radius 3 is 0.701 bits per heavy atom. The summed E-state index contributed by atoms with van der Waals surface area (Å²) in [6.07, 6.45) is -24.0. The van der Waals surface area contributed by atoms with E-state index in [2.05, 4.69) is 19.7 Å². The first kappa shape index (κ1) is 121. The molecule has 0 amide bonds.